The third kappa shape index (κ3) is 2.51. The number of aryl methyl sites for hydroxylation is 1. The number of hydrogen-bond donors (Lipinski definition) is 1. The van der Waals surface area contributed by atoms with Crippen molar-refractivity contribution in [3.05, 3.63) is 6.20 Å². The summed E-state index contributed by atoms with van der Waals surface area (Å²) in [6.45, 7) is 4.55. The van der Waals surface area contributed by atoms with Crippen LogP contribution < -0.4 is 5.73 Å². The largest absolute Gasteiger partial charge is 0.381 e. The predicted octanol–water partition coefficient (Wildman–Crippen LogP) is 0.811. The van der Waals surface area contributed by atoms with Gasteiger partial charge in [0.15, 0.2) is 5.82 Å². The fourth-order valence-corrected chi connectivity index (χ4v) is 3.92. The fraction of sp³-hybridized carbons (Fsp3) is 0.727. The van der Waals surface area contributed by atoms with Crippen molar-refractivity contribution in [1.82, 2.24) is 14.1 Å². The van der Waals surface area contributed by atoms with Crippen LogP contribution in [-0.2, 0) is 17.1 Å². The summed E-state index contributed by atoms with van der Waals surface area (Å²) in [5.41, 5.74) is 5.68. The lowest BCUT2D eigenvalue weighted by atomic mass is 10.2. The van der Waals surface area contributed by atoms with E-state index in [1.165, 1.54) is 10.9 Å². The third-order valence-electron chi connectivity index (χ3n) is 2.91. The second kappa shape index (κ2) is 4.55. The summed E-state index contributed by atoms with van der Waals surface area (Å²) >= 11 is 0. The normalized spacial score (nSPS) is 16.7. The summed E-state index contributed by atoms with van der Waals surface area (Å²) in [5, 5.41) is 3.91. The molecule has 0 amide bonds. The van der Waals surface area contributed by atoms with E-state index < -0.39 is 10.0 Å². The first kappa shape index (κ1) is 13.4. The van der Waals surface area contributed by atoms with Gasteiger partial charge in [-0.25, -0.2) is 8.42 Å². The van der Waals surface area contributed by atoms with Gasteiger partial charge in [0.25, 0.3) is 0 Å². The molecule has 1 aliphatic rings. The van der Waals surface area contributed by atoms with Gasteiger partial charge >= 0.3 is 0 Å². The van der Waals surface area contributed by atoms with E-state index in [9.17, 15) is 8.42 Å². The van der Waals surface area contributed by atoms with E-state index >= 15 is 0 Å². The molecule has 1 aromatic rings. The Hall–Kier alpha value is -1.08. The molecule has 1 heterocycles. The van der Waals surface area contributed by atoms with Crippen molar-refractivity contribution in [2.24, 2.45) is 13.0 Å². The van der Waals surface area contributed by atoms with Crippen LogP contribution in [0, 0.1) is 5.92 Å². The number of sulfonamides is 1. The van der Waals surface area contributed by atoms with E-state index in [0.717, 1.165) is 12.8 Å². The Morgan fingerprint density at radius 1 is 1.56 bits per heavy atom. The molecule has 7 heteroatoms. The highest BCUT2D eigenvalue weighted by Gasteiger charge is 2.39. The molecule has 1 aromatic heterocycles. The number of aromatic nitrogens is 2. The van der Waals surface area contributed by atoms with E-state index in [1.807, 2.05) is 13.8 Å². The van der Waals surface area contributed by atoms with Crippen molar-refractivity contribution in [2.75, 3.05) is 12.3 Å². The Labute approximate surface area is 108 Å². The van der Waals surface area contributed by atoms with Gasteiger partial charge in [0.05, 0.1) is 0 Å². The summed E-state index contributed by atoms with van der Waals surface area (Å²) in [5.74, 6) is 0.366. The molecule has 2 rings (SSSR count). The van der Waals surface area contributed by atoms with E-state index in [-0.39, 0.29) is 16.8 Å². The quantitative estimate of drug-likeness (QED) is 0.860. The average molecular weight is 272 g/mol. The predicted molar refractivity (Wildman–Crippen MR) is 69.4 cm³/mol. The molecule has 0 atom stereocenters. The molecule has 0 saturated heterocycles. The van der Waals surface area contributed by atoms with Crippen molar-refractivity contribution < 1.29 is 8.42 Å². The smallest absolute Gasteiger partial charge is 0.248 e. The minimum atomic E-state index is -3.52. The van der Waals surface area contributed by atoms with Crippen molar-refractivity contribution >= 4 is 15.8 Å². The minimum absolute atomic E-state index is 0.0758. The molecule has 1 fully saturated rings. The molecule has 18 heavy (non-hydrogen) atoms. The van der Waals surface area contributed by atoms with Gasteiger partial charge in [-0.3, -0.25) is 4.68 Å². The Bertz CT molecular complexity index is 531. The molecule has 0 bridgehead atoms. The Kier molecular flexibility index (Phi) is 3.37. The topological polar surface area (TPSA) is 81.2 Å². The van der Waals surface area contributed by atoms with Crippen molar-refractivity contribution in [3.8, 4) is 0 Å². The maximum atomic E-state index is 12.6. The van der Waals surface area contributed by atoms with Gasteiger partial charge in [-0.1, -0.05) is 13.8 Å². The summed E-state index contributed by atoms with van der Waals surface area (Å²) in [6, 6.07) is 0.136. The highest BCUT2D eigenvalue weighted by Crippen LogP contribution is 2.33. The molecule has 0 radical (unpaired) electrons. The zero-order valence-electron chi connectivity index (χ0n) is 11.0. The van der Waals surface area contributed by atoms with Gasteiger partial charge in [-0.2, -0.15) is 9.40 Å². The van der Waals surface area contributed by atoms with Crippen LogP contribution in [0.25, 0.3) is 0 Å². The highest BCUT2D eigenvalue weighted by atomic mass is 32.2. The van der Waals surface area contributed by atoms with E-state index in [1.54, 1.807) is 11.4 Å². The van der Waals surface area contributed by atoms with Gasteiger partial charge in [0, 0.05) is 25.8 Å². The van der Waals surface area contributed by atoms with E-state index in [0.29, 0.717) is 12.5 Å². The van der Waals surface area contributed by atoms with Crippen LogP contribution in [-0.4, -0.2) is 35.1 Å². The average Bonchev–Trinajstić information content (AvgIpc) is 3.00. The van der Waals surface area contributed by atoms with E-state index in [2.05, 4.69) is 5.10 Å². The fourth-order valence-electron chi connectivity index (χ4n) is 1.97. The number of nitrogens with two attached hydrogens (primary N) is 1. The maximum Gasteiger partial charge on any atom is 0.248 e. The first-order chi connectivity index (χ1) is 8.32. The minimum Gasteiger partial charge on any atom is -0.381 e. The zero-order valence-corrected chi connectivity index (χ0v) is 11.8. The standard InChI is InChI=1S/C11H20N4O2S/c1-8(2)6-15(9-4-5-9)18(16,17)10-7-14(3)13-11(10)12/h7-9H,4-6H2,1-3H3,(H2,12,13). The molecular weight excluding hydrogens is 252 g/mol. The van der Waals surface area contributed by atoms with Crippen molar-refractivity contribution in [1.29, 1.82) is 0 Å². The van der Waals surface area contributed by atoms with Gasteiger partial charge in [-0.05, 0) is 18.8 Å². The first-order valence-corrected chi connectivity index (χ1v) is 7.57. The Morgan fingerprint density at radius 3 is 2.56 bits per heavy atom. The third-order valence-corrected chi connectivity index (χ3v) is 4.84. The monoisotopic (exact) mass is 272 g/mol. The molecule has 0 aliphatic heterocycles. The summed E-state index contributed by atoms with van der Waals surface area (Å²) in [6.07, 6.45) is 3.35. The molecule has 2 N–H and O–H groups in total. The second-order valence-corrected chi connectivity index (χ2v) is 7.11. The molecule has 0 unspecified atom stereocenters. The number of nitrogen functional groups attached to an aromatic ring is 1. The van der Waals surface area contributed by atoms with Gasteiger partial charge in [0.1, 0.15) is 4.90 Å². The first-order valence-electron chi connectivity index (χ1n) is 6.13. The van der Waals surface area contributed by atoms with Crippen molar-refractivity contribution in [3.63, 3.8) is 0 Å². The van der Waals surface area contributed by atoms with Gasteiger partial charge in [0.2, 0.25) is 10.0 Å². The molecule has 1 aliphatic carbocycles. The zero-order chi connectivity index (χ0) is 13.5. The molecule has 102 valence electrons. The Balaban J connectivity index is 2.36. The Morgan fingerprint density at radius 2 is 2.17 bits per heavy atom. The summed E-state index contributed by atoms with van der Waals surface area (Å²) in [4.78, 5) is 0.123. The van der Waals surface area contributed by atoms with Crippen LogP contribution in [0.2, 0.25) is 0 Å². The number of hydrogen-bond acceptors (Lipinski definition) is 4. The molecular formula is C11H20N4O2S. The number of rotatable bonds is 5. The summed E-state index contributed by atoms with van der Waals surface area (Å²) < 4.78 is 28.2. The van der Waals surface area contributed by atoms with Crippen LogP contribution in [0.15, 0.2) is 11.1 Å². The van der Waals surface area contributed by atoms with Crippen molar-refractivity contribution in [2.45, 2.75) is 37.6 Å². The van der Waals surface area contributed by atoms with Crippen LogP contribution in [0.5, 0.6) is 0 Å². The molecule has 6 nitrogen and oxygen atoms in total. The molecule has 0 aromatic carbocycles. The number of nitrogens with zero attached hydrogens (tertiary/aromatic N) is 3. The van der Waals surface area contributed by atoms with Crippen LogP contribution in [0.3, 0.4) is 0 Å². The number of anilines is 1. The van der Waals surface area contributed by atoms with Gasteiger partial charge < -0.3 is 5.73 Å². The van der Waals surface area contributed by atoms with Crippen LogP contribution in [0.1, 0.15) is 26.7 Å². The lowest BCUT2D eigenvalue weighted by Crippen LogP contribution is -2.36. The van der Waals surface area contributed by atoms with Gasteiger partial charge in [-0.15, -0.1) is 0 Å². The van der Waals surface area contributed by atoms with Crippen LogP contribution in [0.4, 0.5) is 5.82 Å². The lowest BCUT2D eigenvalue weighted by molar-refractivity contribution is 0.360. The highest BCUT2D eigenvalue weighted by molar-refractivity contribution is 7.89. The maximum absolute atomic E-state index is 12.6. The molecule has 1 saturated carbocycles. The van der Waals surface area contributed by atoms with Crippen LogP contribution >= 0.6 is 0 Å². The second-order valence-electron chi connectivity index (χ2n) is 5.25. The SMILES string of the molecule is CC(C)CN(C1CC1)S(=O)(=O)c1cn(C)nc1N. The lowest BCUT2D eigenvalue weighted by Gasteiger charge is -2.23. The summed E-state index contributed by atoms with van der Waals surface area (Å²) in [7, 11) is -1.85. The van der Waals surface area contributed by atoms with E-state index in [4.69, 9.17) is 5.73 Å². The molecule has 0 spiro atoms.